The highest BCUT2D eigenvalue weighted by Crippen LogP contribution is 2.25. The second kappa shape index (κ2) is 7.36. The van der Waals surface area contributed by atoms with Crippen molar-refractivity contribution < 1.29 is 8.42 Å². The lowest BCUT2D eigenvalue weighted by molar-refractivity contribution is 0.268. The first kappa shape index (κ1) is 18.8. The van der Waals surface area contributed by atoms with Gasteiger partial charge in [-0.25, -0.2) is 27.2 Å². The first-order chi connectivity index (χ1) is 12.3. The van der Waals surface area contributed by atoms with Crippen molar-refractivity contribution in [3.8, 4) is 5.69 Å². The van der Waals surface area contributed by atoms with Crippen LogP contribution >= 0.6 is 0 Å². The molecule has 1 saturated heterocycles. The van der Waals surface area contributed by atoms with E-state index in [1.165, 1.54) is 0 Å². The number of hydrogen-bond acceptors (Lipinski definition) is 4. The lowest BCUT2D eigenvalue weighted by Gasteiger charge is -2.32. The molecule has 1 fully saturated rings. The van der Waals surface area contributed by atoms with Gasteiger partial charge in [-0.3, -0.25) is 0 Å². The van der Waals surface area contributed by atoms with Crippen molar-refractivity contribution in [2.45, 2.75) is 45.3 Å². The van der Waals surface area contributed by atoms with Gasteiger partial charge in [0, 0.05) is 19.5 Å². The molecule has 2 heterocycles. The molecule has 0 aliphatic carbocycles. The van der Waals surface area contributed by atoms with Gasteiger partial charge < -0.3 is 0 Å². The van der Waals surface area contributed by atoms with E-state index >= 15 is 0 Å². The van der Waals surface area contributed by atoms with E-state index < -0.39 is 15.3 Å². The Morgan fingerprint density at radius 2 is 1.88 bits per heavy atom. The van der Waals surface area contributed by atoms with Gasteiger partial charge in [0.25, 0.3) is 0 Å². The van der Waals surface area contributed by atoms with E-state index in [1.807, 2.05) is 31.2 Å². The predicted octanol–water partition coefficient (Wildman–Crippen LogP) is 1.86. The fourth-order valence-electron chi connectivity index (χ4n) is 3.45. The summed E-state index contributed by atoms with van der Waals surface area (Å²) in [7, 11) is -3.19. The number of para-hydroxylation sites is 1. The normalized spacial score (nSPS) is 17.1. The summed E-state index contributed by atoms with van der Waals surface area (Å²) in [6, 6.07) is 7.72. The minimum atomic E-state index is -3.19. The van der Waals surface area contributed by atoms with E-state index in [9.17, 15) is 13.2 Å². The zero-order valence-electron chi connectivity index (χ0n) is 15.5. The molecule has 0 unspecified atom stereocenters. The van der Waals surface area contributed by atoms with Crippen LogP contribution in [0.2, 0.25) is 0 Å². The van der Waals surface area contributed by atoms with Crippen LogP contribution in [0.1, 0.15) is 38.1 Å². The zero-order valence-corrected chi connectivity index (χ0v) is 16.3. The first-order valence-electron chi connectivity index (χ1n) is 9.02. The molecule has 8 heteroatoms. The lowest BCUT2D eigenvalue weighted by atomic mass is 9.94. The number of nitrogens with zero attached hydrogens (tertiary/aromatic N) is 3. The van der Waals surface area contributed by atoms with E-state index in [0.717, 1.165) is 24.1 Å². The van der Waals surface area contributed by atoms with Crippen molar-refractivity contribution in [3.63, 3.8) is 0 Å². The van der Waals surface area contributed by atoms with Gasteiger partial charge >= 0.3 is 5.69 Å². The summed E-state index contributed by atoms with van der Waals surface area (Å²) in [6.45, 7) is 6.46. The number of aromatic amines is 1. The number of hydrogen-bond donors (Lipinski definition) is 1. The summed E-state index contributed by atoms with van der Waals surface area (Å²) in [5.74, 6) is 1.01. The smallest absolute Gasteiger partial charge is 0.247 e. The van der Waals surface area contributed by atoms with Crippen LogP contribution in [0.15, 0.2) is 29.1 Å². The Morgan fingerprint density at radius 1 is 1.23 bits per heavy atom. The van der Waals surface area contributed by atoms with Crippen molar-refractivity contribution >= 4 is 10.0 Å². The number of aromatic nitrogens is 3. The monoisotopic (exact) mass is 378 g/mol. The Balaban J connectivity index is 1.75. The summed E-state index contributed by atoms with van der Waals surface area (Å²) in [5.41, 5.74) is 1.60. The van der Waals surface area contributed by atoms with Crippen LogP contribution in [-0.4, -0.2) is 45.8 Å². The average Bonchev–Trinajstić information content (AvgIpc) is 2.96. The molecular formula is C18H26N4O3S. The molecular weight excluding hydrogens is 352 g/mol. The second-order valence-corrected chi connectivity index (χ2v) is 9.70. The standard InChI is InChI=1S/C18H26N4O3S/c1-13(2)26(24,25)21-10-8-15(9-11-21)12-17-19-20-18(23)22(17)16-7-5-4-6-14(16)3/h4-7,13,15H,8-12H2,1-3H3,(H,20,23). The molecule has 0 saturated carbocycles. The molecule has 1 aliphatic rings. The van der Waals surface area contributed by atoms with E-state index in [1.54, 1.807) is 22.7 Å². The zero-order chi connectivity index (χ0) is 18.9. The molecule has 26 heavy (non-hydrogen) atoms. The van der Waals surface area contributed by atoms with Crippen LogP contribution in [0.25, 0.3) is 5.69 Å². The highest BCUT2D eigenvalue weighted by molar-refractivity contribution is 7.89. The Morgan fingerprint density at radius 3 is 2.50 bits per heavy atom. The fourth-order valence-corrected chi connectivity index (χ4v) is 4.77. The molecule has 7 nitrogen and oxygen atoms in total. The van der Waals surface area contributed by atoms with Crippen LogP contribution in [0.3, 0.4) is 0 Å². The minimum absolute atomic E-state index is 0.242. The van der Waals surface area contributed by atoms with Gasteiger partial charge in [0.1, 0.15) is 5.82 Å². The van der Waals surface area contributed by atoms with Crippen molar-refractivity contribution in [3.05, 3.63) is 46.1 Å². The van der Waals surface area contributed by atoms with Crippen LogP contribution < -0.4 is 5.69 Å². The third-order valence-corrected chi connectivity index (χ3v) is 7.37. The number of sulfonamides is 1. The molecule has 1 N–H and O–H groups in total. The molecule has 0 radical (unpaired) electrons. The largest absolute Gasteiger partial charge is 0.347 e. The fraction of sp³-hybridized carbons (Fsp3) is 0.556. The van der Waals surface area contributed by atoms with E-state index in [2.05, 4.69) is 10.2 Å². The molecule has 0 atom stereocenters. The van der Waals surface area contributed by atoms with Crippen LogP contribution in [-0.2, 0) is 16.4 Å². The van der Waals surface area contributed by atoms with Gasteiger partial charge in [0.2, 0.25) is 10.0 Å². The topological polar surface area (TPSA) is 88.1 Å². The molecule has 0 bridgehead atoms. The molecule has 3 rings (SSSR count). The van der Waals surface area contributed by atoms with Gasteiger partial charge in [-0.1, -0.05) is 18.2 Å². The van der Waals surface area contributed by atoms with E-state index in [4.69, 9.17) is 0 Å². The maximum Gasteiger partial charge on any atom is 0.347 e. The van der Waals surface area contributed by atoms with Crippen LogP contribution in [0.4, 0.5) is 0 Å². The summed E-state index contributed by atoms with van der Waals surface area (Å²) < 4.78 is 27.8. The highest BCUT2D eigenvalue weighted by atomic mass is 32.2. The maximum absolute atomic E-state index is 12.3. The highest BCUT2D eigenvalue weighted by Gasteiger charge is 2.31. The minimum Gasteiger partial charge on any atom is -0.247 e. The SMILES string of the molecule is Cc1ccccc1-n1c(CC2CCN(S(=O)(=O)C(C)C)CC2)n[nH]c1=O. The number of H-pyrrole nitrogens is 1. The maximum atomic E-state index is 12.3. The summed E-state index contributed by atoms with van der Waals surface area (Å²) in [4.78, 5) is 12.3. The summed E-state index contributed by atoms with van der Waals surface area (Å²) in [5, 5.41) is 6.38. The molecule has 0 amide bonds. The van der Waals surface area contributed by atoms with Crippen molar-refractivity contribution in [2.24, 2.45) is 5.92 Å². The Labute approximate surface area is 154 Å². The summed E-state index contributed by atoms with van der Waals surface area (Å²) in [6.07, 6.45) is 2.21. The first-order valence-corrected chi connectivity index (χ1v) is 10.5. The quantitative estimate of drug-likeness (QED) is 0.860. The van der Waals surface area contributed by atoms with Crippen molar-refractivity contribution in [2.75, 3.05) is 13.1 Å². The third-order valence-electron chi connectivity index (χ3n) is 5.10. The van der Waals surface area contributed by atoms with E-state index in [-0.39, 0.29) is 5.69 Å². The van der Waals surface area contributed by atoms with Gasteiger partial charge in [-0.15, -0.1) is 0 Å². The number of benzene rings is 1. The van der Waals surface area contributed by atoms with Gasteiger partial charge in [-0.2, -0.15) is 5.10 Å². The van der Waals surface area contributed by atoms with Crippen LogP contribution in [0.5, 0.6) is 0 Å². The van der Waals surface area contributed by atoms with E-state index in [0.29, 0.717) is 31.3 Å². The van der Waals surface area contributed by atoms with Crippen molar-refractivity contribution in [1.82, 2.24) is 19.1 Å². The summed E-state index contributed by atoms with van der Waals surface area (Å²) >= 11 is 0. The number of piperidine rings is 1. The molecule has 1 aromatic carbocycles. The average molecular weight is 378 g/mol. The molecule has 0 spiro atoms. The van der Waals surface area contributed by atoms with Gasteiger partial charge in [0.15, 0.2) is 0 Å². The lowest BCUT2D eigenvalue weighted by Crippen LogP contribution is -2.42. The van der Waals surface area contributed by atoms with Crippen LogP contribution in [0, 0.1) is 12.8 Å². The molecule has 1 aliphatic heterocycles. The predicted molar refractivity (Wildman–Crippen MR) is 101 cm³/mol. The van der Waals surface area contributed by atoms with Gasteiger partial charge in [0.05, 0.1) is 10.9 Å². The van der Waals surface area contributed by atoms with Crippen molar-refractivity contribution in [1.29, 1.82) is 0 Å². The molecule has 1 aromatic heterocycles. The third kappa shape index (κ3) is 3.61. The Hall–Kier alpha value is -1.93. The molecule has 142 valence electrons. The second-order valence-electron chi connectivity index (χ2n) is 7.21. The number of rotatable bonds is 5. The van der Waals surface area contributed by atoms with Gasteiger partial charge in [-0.05, 0) is 51.2 Å². The Kier molecular flexibility index (Phi) is 5.34. The number of aryl methyl sites for hydroxylation is 1. The molecule has 2 aromatic rings. The number of nitrogens with one attached hydrogen (secondary N) is 1. The Bertz CT molecular complexity index is 922.